The lowest BCUT2D eigenvalue weighted by Gasteiger charge is -2.08. The Balaban J connectivity index is 1.73. The third kappa shape index (κ3) is 5.39. The molecule has 0 unspecified atom stereocenters. The Morgan fingerprint density at radius 3 is 2.39 bits per heavy atom. The monoisotopic (exact) mass is 320 g/mol. The van der Waals surface area contributed by atoms with Crippen LogP contribution in [0.25, 0.3) is 0 Å². The predicted octanol–water partition coefficient (Wildman–Crippen LogP) is 2.10. The molecular weight excluding hydrogens is 306 g/mol. The molecule has 2 amide bonds. The molecule has 0 bridgehead atoms. The van der Waals surface area contributed by atoms with Crippen LogP contribution in [0.15, 0.2) is 48.5 Å². The van der Waals surface area contributed by atoms with Crippen LogP contribution in [0.5, 0.6) is 5.75 Å². The van der Waals surface area contributed by atoms with E-state index in [-0.39, 0.29) is 18.8 Å². The van der Waals surface area contributed by atoms with Gasteiger partial charge in [0.25, 0.3) is 5.91 Å². The molecule has 2 rings (SSSR count). The molecule has 0 aliphatic rings. The quantitative estimate of drug-likeness (QED) is 0.856. The smallest absolute Gasteiger partial charge is 0.258 e. The number of amides is 2. The lowest BCUT2D eigenvalue weighted by Crippen LogP contribution is -2.35. The van der Waals surface area contributed by atoms with Gasteiger partial charge in [0.1, 0.15) is 5.75 Å². The molecule has 7 heteroatoms. The van der Waals surface area contributed by atoms with Crippen molar-refractivity contribution in [2.24, 2.45) is 0 Å². The lowest BCUT2D eigenvalue weighted by molar-refractivity contribution is -0.125. The van der Waals surface area contributed by atoms with E-state index < -0.39 is 23.4 Å². The molecule has 23 heavy (non-hydrogen) atoms. The first-order valence-corrected chi connectivity index (χ1v) is 6.74. The van der Waals surface area contributed by atoms with Gasteiger partial charge in [-0.1, -0.05) is 18.2 Å². The van der Waals surface area contributed by atoms with Gasteiger partial charge in [0.05, 0.1) is 6.54 Å². The first kappa shape index (κ1) is 16.4. The molecule has 0 radical (unpaired) electrons. The van der Waals surface area contributed by atoms with Crippen molar-refractivity contribution in [2.45, 2.75) is 0 Å². The topological polar surface area (TPSA) is 67.4 Å². The van der Waals surface area contributed by atoms with E-state index in [4.69, 9.17) is 4.74 Å². The summed E-state index contributed by atoms with van der Waals surface area (Å²) in [5.41, 5.74) is 0.101. The Morgan fingerprint density at radius 2 is 1.70 bits per heavy atom. The van der Waals surface area contributed by atoms with Gasteiger partial charge in [0.2, 0.25) is 5.91 Å². The minimum atomic E-state index is -1.07. The van der Waals surface area contributed by atoms with Gasteiger partial charge < -0.3 is 15.4 Å². The second-order valence-corrected chi connectivity index (χ2v) is 4.56. The van der Waals surface area contributed by atoms with Crippen LogP contribution in [-0.4, -0.2) is 25.0 Å². The Kier molecular flexibility index (Phi) is 5.62. The highest BCUT2D eigenvalue weighted by Gasteiger charge is 2.08. The highest BCUT2D eigenvalue weighted by atomic mass is 19.2. The normalized spacial score (nSPS) is 10.0. The minimum Gasteiger partial charge on any atom is -0.484 e. The second kappa shape index (κ2) is 7.88. The van der Waals surface area contributed by atoms with Gasteiger partial charge in [0.15, 0.2) is 18.2 Å². The maximum atomic E-state index is 13.0. The van der Waals surface area contributed by atoms with Crippen molar-refractivity contribution < 1.29 is 23.1 Å². The fraction of sp³-hybridized carbons (Fsp3) is 0.125. The number of nitrogens with one attached hydrogen (secondary N) is 2. The van der Waals surface area contributed by atoms with Gasteiger partial charge in [-0.25, -0.2) is 8.78 Å². The number of carbonyl (C=O) groups is 2. The zero-order chi connectivity index (χ0) is 16.7. The third-order valence-corrected chi connectivity index (χ3v) is 2.76. The summed E-state index contributed by atoms with van der Waals surface area (Å²) < 4.78 is 31.0. The summed E-state index contributed by atoms with van der Waals surface area (Å²) in [6.07, 6.45) is 0. The minimum absolute atomic E-state index is 0.101. The van der Waals surface area contributed by atoms with E-state index in [9.17, 15) is 18.4 Å². The van der Waals surface area contributed by atoms with Crippen molar-refractivity contribution in [3.8, 4) is 5.75 Å². The van der Waals surface area contributed by atoms with Gasteiger partial charge in [-0.15, -0.1) is 0 Å². The van der Waals surface area contributed by atoms with E-state index in [1.54, 1.807) is 24.3 Å². The van der Waals surface area contributed by atoms with Crippen molar-refractivity contribution in [3.63, 3.8) is 0 Å². The van der Waals surface area contributed by atoms with E-state index in [0.29, 0.717) is 5.75 Å². The molecular formula is C16H14F2N2O3. The highest BCUT2D eigenvalue weighted by molar-refractivity contribution is 5.94. The van der Waals surface area contributed by atoms with Gasteiger partial charge in [0, 0.05) is 11.8 Å². The number of carbonyl (C=O) groups excluding carboxylic acids is 2. The highest BCUT2D eigenvalue weighted by Crippen LogP contribution is 2.12. The van der Waals surface area contributed by atoms with Crippen molar-refractivity contribution in [1.82, 2.24) is 5.32 Å². The van der Waals surface area contributed by atoms with Crippen LogP contribution < -0.4 is 15.4 Å². The summed E-state index contributed by atoms with van der Waals surface area (Å²) in [4.78, 5) is 23.2. The first-order valence-electron chi connectivity index (χ1n) is 6.74. The second-order valence-electron chi connectivity index (χ2n) is 4.56. The predicted molar refractivity (Wildman–Crippen MR) is 79.9 cm³/mol. The van der Waals surface area contributed by atoms with E-state index >= 15 is 0 Å². The van der Waals surface area contributed by atoms with E-state index in [1.807, 2.05) is 6.07 Å². The summed E-state index contributed by atoms with van der Waals surface area (Å²) in [5.74, 6) is -2.58. The molecule has 0 heterocycles. The number of halogens is 2. The summed E-state index contributed by atoms with van der Waals surface area (Å²) >= 11 is 0. The molecule has 5 nitrogen and oxygen atoms in total. The largest absolute Gasteiger partial charge is 0.484 e. The van der Waals surface area contributed by atoms with Crippen LogP contribution in [0, 0.1) is 11.6 Å². The van der Waals surface area contributed by atoms with Crippen LogP contribution in [-0.2, 0) is 9.59 Å². The van der Waals surface area contributed by atoms with Crippen LogP contribution in [0.1, 0.15) is 0 Å². The maximum absolute atomic E-state index is 13.0. The van der Waals surface area contributed by atoms with Crippen LogP contribution in [0.4, 0.5) is 14.5 Å². The van der Waals surface area contributed by atoms with Crippen molar-refractivity contribution >= 4 is 17.5 Å². The molecule has 2 aromatic carbocycles. The molecule has 2 aromatic rings. The summed E-state index contributed by atoms with van der Waals surface area (Å²) in [6, 6.07) is 11.7. The van der Waals surface area contributed by atoms with E-state index in [1.165, 1.54) is 6.07 Å². The zero-order valence-electron chi connectivity index (χ0n) is 12.0. The Bertz CT molecular complexity index is 693. The number of para-hydroxylation sites is 1. The summed E-state index contributed by atoms with van der Waals surface area (Å²) in [5, 5.41) is 4.69. The molecule has 0 atom stereocenters. The number of rotatable bonds is 6. The van der Waals surface area contributed by atoms with Crippen molar-refractivity contribution in [3.05, 3.63) is 60.2 Å². The molecule has 120 valence electrons. The summed E-state index contributed by atoms with van der Waals surface area (Å²) in [7, 11) is 0. The number of ether oxygens (including phenoxy) is 1. The van der Waals surface area contributed by atoms with Crippen LogP contribution in [0.3, 0.4) is 0 Å². The Labute approximate surface area is 131 Å². The van der Waals surface area contributed by atoms with Crippen molar-refractivity contribution in [2.75, 3.05) is 18.5 Å². The van der Waals surface area contributed by atoms with Crippen LogP contribution >= 0.6 is 0 Å². The molecule has 0 spiro atoms. The average molecular weight is 320 g/mol. The van der Waals surface area contributed by atoms with Crippen molar-refractivity contribution in [1.29, 1.82) is 0 Å². The molecule has 0 aliphatic heterocycles. The molecule has 0 aromatic heterocycles. The van der Waals surface area contributed by atoms with E-state index in [2.05, 4.69) is 10.6 Å². The fourth-order valence-corrected chi connectivity index (χ4v) is 1.67. The molecule has 0 aliphatic carbocycles. The summed E-state index contributed by atoms with van der Waals surface area (Å²) in [6.45, 7) is -0.543. The average Bonchev–Trinajstić information content (AvgIpc) is 2.55. The standard InChI is InChI=1S/C16H14F2N2O3/c17-13-7-6-11(8-14(13)18)20-15(21)9-19-16(22)10-23-12-4-2-1-3-5-12/h1-8H,9-10H2,(H,19,22)(H,20,21). The van der Waals surface area contributed by atoms with Gasteiger partial charge in [-0.2, -0.15) is 0 Å². The van der Waals surface area contributed by atoms with Crippen LogP contribution in [0.2, 0.25) is 0 Å². The molecule has 0 fully saturated rings. The Morgan fingerprint density at radius 1 is 0.957 bits per heavy atom. The molecule has 0 saturated heterocycles. The van der Waals surface area contributed by atoms with Gasteiger partial charge in [-0.3, -0.25) is 9.59 Å². The number of hydrogen-bond donors (Lipinski definition) is 2. The first-order chi connectivity index (χ1) is 11.0. The van der Waals surface area contributed by atoms with E-state index in [0.717, 1.165) is 12.1 Å². The number of benzene rings is 2. The zero-order valence-corrected chi connectivity index (χ0v) is 12.0. The third-order valence-electron chi connectivity index (χ3n) is 2.76. The lowest BCUT2D eigenvalue weighted by atomic mass is 10.3. The van der Waals surface area contributed by atoms with Gasteiger partial charge >= 0.3 is 0 Å². The van der Waals surface area contributed by atoms with Gasteiger partial charge in [-0.05, 0) is 24.3 Å². The molecule has 2 N–H and O–H groups in total. The Hall–Kier alpha value is -2.96. The maximum Gasteiger partial charge on any atom is 0.258 e. The SMILES string of the molecule is O=C(COc1ccccc1)NCC(=O)Nc1ccc(F)c(F)c1. The fourth-order valence-electron chi connectivity index (χ4n) is 1.67. The number of hydrogen-bond acceptors (Lipinski definition) is 3. The number of anilines is 1. The molecule has 0 saturated carbocycles.